The van der Waals surface area contributed by atoms with E-state index in [1.807, 2.05) is 0 Å². The lowest BCUT2D eigenvalue weighted by atomic mass is 10.0. The number of pyridine rings is 1. The number of nitrogens with zero attached hydrogens (tertiary/aromatic N) is 1. The Balaban J connectivity index is 2.24. The van der Waals surface area contributed by atoms with Gasteiger partial charge in [0.15, 0.2) is 6.29 Å². The molecule has 0 unspecified atom stereocenters. The number of carbonyl (C=O) groups is 1. The minimum absolute atomic E-state index is 0.368. The molecule has 0 radical (unpaired) electrons. The second-order valence-electron chi connectivity index (χ2n) is 4.69. The summed E-state index contributed by atoms with van der Waals surface area (Å²) < 4.78 is 13.4. The number of benzene rings is 1. The van der Waals surface area contributed by atoms with E-state index in [-0.39, 0.29) is 0 Å². The molecule has 0 amide bonds. The van der Waals surface area contributed by atoms with Gasteiger partial charge >= 0.3 is 0 Å². The molecule has 3 nitrogen and oxygen atoms in total. The molecule has 0 aliphatic rings. The summed E-state index contributed by atoms with van der Waals surface area (Å²) in [5.74, 6) is -0.617. The molecule has 116 valence electrons. The highest BCUT2D eigenvalue weighted by Crippen LogP contribution is 2.45. The van der Waals surface area contributed by atoms with E-state index in [9.17, 15) is 9.18 Å². The predicted octanol–water partition coefficient (Wildman–Crippen LogP) is 5.32. The third kappa shape index (κ3) is 2.95. The van der Waals surface area contributed by atoms with E-state index in [1.165, 1.54) is 23.6 Å². The quantitative estimate of drug-likeness (QED) is 0.504. The maximum atomic E-state index is 13.4. The molecule has 0 saturated carbocycles. The zero-order valence-corrected chi connectivity index (χ0v) is 13.8. The Labute approximate surface area is 145 Å². The molecule has 1 aromatic carbocycles. The zero-order chi connectivity index (χ0) is 16.6. The summed E-state index contributed by atoms with van der Waals surface area (Å²) in [6, 6.07) is 7.85. The Morgan fingerprint density at radius 3 is 2.65 bits per heavy atom. The number of aldehydes is 1. The lowest BCUT2D eigenvalue weighted by Crippen LogP contribution is -1.92. The van der Waals surface area contributed by atoms with Gasteiger partial charge in [-0.1, -0.05) is 29.3 Å². The third-order valence-electron chi connectivity index (χ3n) is 3.27. The summed E-state index contributed by atoms with van der Waals surface area (Å²) >= 11 is 13.3. The van der Waals surface area contributed by atoms with Crippen LogP contribution in [0.15, 0.2) is 36.5 Å². The van der Waals surface area contributed by atoms with Gasteiger partial charge < -0.3 is 5.73 Å². The Morgan fingerprint density at radius 2 is 2.00 bits per heavy atom. The van der Waals surface area contributed by atoms with Crippen molar-refractivity contribution in [1.29, 1.82) is 0 Å². The third-order valence-corrected chi connectivity index (χ3v) is 5.00. The van der Waals surface area contributed by atoms with E-state index < -0.39 is 5.95 Å². The maximum Gasteiger partial charge on any atom is 0.213 e. The van der Waals surface area contributed by atoms with Crippen LogP contribution in [0.2, 0.25) is 10.0 Å². The number of nitrogens with two attached hydrogens (primary N) is 1. The minimum atomic E-state index is -0.617. The monoisotopic (exact) mass is 366 g/mol. The summed E-state index contributed by atoms with van der Waals surface area (Å²) in [6.07, 6.45) is 2.06. The topological polar surface area (TPSA) is 56.0 Å². The number of anilines is 1. The lowest BCUT2D eigenvalue weighted by Gasteiger charge is -2.06. The fraction of sp³-hybridized carbons (Fsp3) is 0. The highest BCUT2D eigenvalue weighted by atomic mass is 35.5. The van der Waals surface area contributed by atoms with Crippen LogP contribution in [0.3, 0.4) is 0 Å². The Bertz CT molecular complexity index is 911. The molecule has 3 rings (SSSR count). The highest BCUT2D eigenvalue weighted by Gasteiger charge is 2.20. The van der Waals surface area contributed by atoms with Gasteiger partial charge in [0.2, 0.25) is 5.95 Å². The van der Waals surface area contributed by atoms with Gasteiger partial charge in [-0.3, -0.25) is 4.79 Å². The SMILES string of the molecule is Nc1c(-c2ccnc(F)c2)sc(C=O)c1-c1ccc(Cl)cc1Cl. The average molecular weight is 367 g/mol. The van der Waals surface area contributed by atoms with Crippen LogP contribution in [-0.4, -0.2) is 11.3 Å². The fourth-order valence-electron chi connectivity index (χ4n) is 2.27. The molecule has 7 heteroatoms. The molecule has 3 aromatic rings. The fourth-order valence-corrected chi connectivity index (χ4v) is 3.82. The molecular formula is C16H9Cl2FN2OS. The predicted molar refractivity (Wildman–Crippen MR) is 92.8 cm³/mol. The van der Waals surface area contributed by atoms with Crippen molar-refractivity contribution in [3.05, 3.63) is 57.4 Å². The van der Waals surface area contributed by atoms with Gasteiger partial charge in [0.1, 0.15) is 0 Å². The number of hydrogen-bond acceptors (Lipinski definition) is 4. The van der Waals surface area contributed by atoms with Crippen LogP contribution in [0.5, 0.6) is 0 Å². The molecule has 0 aliphatic carbocycles. The minimum Gasteiger partial charge on any atom is -0.397 e. The van der Waals surface area contributed by atoms with Gasteiger partial charge in [-0.25, -0.2) is 4.98 Å². The van der Waals surface area contributed by atoms with Crippen molar-refractivity contribution in [3.63, 3.8) is 0 Å². The molecule has 0 atom stereocenters. The number of thiophene rings is 1. The van der Waals surface area contributed by atoms with Gasteiger partial charge in [0.05, 0.1) is 20.5 Å². The van der Waals surface area contributed by atoms with E-state index in [1.54, 1.807) is 24.3 Å². The summed E-state index contributed by atoms with van der Waals surface area (Å²) in [5, 5.41) is 0.870. The van der Waals surface area contributed by atoms with E-state index in [0.29, 0.717) is 48.5 Å². The maximum absolute atomic E-state index is 13.4. The molecule has 0 aliphatic heterocycles. The van der Waals surface area contributed by atoms with E-state index in [2.05, 4.69) is 4.98 Å². The molecule has 2 heterocycles. The van der Waals surface area contributed by atoms with Crippen LogP contribution in [0.25, 0.3) is 21.6 Å². The molecule has 0 saturated heterocycles. The Kier molecular flexibility index (Phi) is 4.35. The molecule has 0 spiro atoms. The van der Waals surface area contributed by atoms with Crippen LogP contribution in [0, 0.1) is 5.95 Å². The first-order valence-electron chi connectivity index (χ1n) is 6.46. The van der Waals surface area contributed by atoms with Crippen LogP contribution in [-0.2, 0) is 0 Å². The molecule has 0 fully saturated rings. The number of nitrogen functional groups attached to an aromatic ring is 1. The second kappa shape index (κ2) is 6.28. The summed E-state index contributed by atoms with van der Waals surface area (Å²) in [7, 11) is 0. The van der Waals surface area contributed by atoms with Crippen LogP contribution >= 0.6 is 34.5 Å². The molecule has 0 bridgehead atoms. The normalized spacial score (nSPS) is 10.7. The first kappa shape index (κ1) is 15.9. The number of rotatable bonds is 3. The summed E-state index contributed by atoms with van der Waals surface area (Å²) in [4.78, 5) is 16.0. The van der Waals surface area contributed by atoms with Crippen molar-refractivity contribution in [3.8, 4) is 21.6 Å². The van der Waals surface area contributed by atoms with Gasteiger partial charge in [-0.2, -0.15) is 4.39 Å². The van der Waals surface area contributed by atoms with E-state index in [0.717, 1.165) is 0 Å². The smallest absolute Gasteiger partial charge is 0.213 e. The van der Waals surface area contributed by atoms with Crippen molar-refractivity contribution in [2.75, 3.05) is 5.73 Å². The van der Waals surface area contributed by atoms with Crippen LogP contribution in [0.4, 0.5) is 10.1 Å². The van der Waals surface area contributed by atoms with Gasteiger partial charge in [-0.15, -0.1) is 11.3 Å². The van der Waals surface area contributed by atoms with Crippen molar-refractivity contribution in [2.45, 2.75) is 0 Å². The van der Waals surface area contributed by atoms with Crippen molar-refractivity contribution in [2.24, 2.45) is 0 Å². The molecular weight excluding hydrogens is 358 g/mol. The van der Waals surface area contributed by atoms with Gasteiger partial charge in [-0.05, 0) is 23.8 Å². The first-order chi connectivity index (χ1) is 11.0. The van der Waals surface area contributed by atoms with E-state index >= 15 is 0 Å². The van der Waals surface area contributed by atoms with Crippen molar-refractivity contribution >= 4 is 46.5 Å². The Hall–Kier alpha value is -1.95. The Morgan fingerprint density at radius 1 is 1.22 bits per heavy atom. The van der Waals surface area contributed by atoms with Gasteiger partial charge in [0, 0.05) is 28.4 Å². The standard InChI is InChI=1S/C16H9Cl2FN2OS/c17-9-1-2-10(11(18)6-9)14-12(7-22)23-16(15(14)20)8-3-4-21-13(19)5-8/h1-7H,20H2. The number of hydrogen-bond donors (Lipinski definition) is 1. The molecule has 2 aromatic heterocycles. The number of halogens is 3. The molecule has 23 heavy (non-hydrogen) atoms. The van der Waals surface area contributed by atoms with Gasteiger partial charge in [0.25, 0.3) is 0 Å². The summed E-state index contributed by atoms with van der Waals surface area (Å²) in [5.41, 5.74) is 8.27. The van der Waals surface area contributed by atoms with Crippen molar-refractivity contribution < 1.29 is 9.18 Å². The second-order valence-corrected chi connectivity index (χ2v) is 6.59. The van der Waals surface area contributed by atoms with Crippen LogP contribution < -0.4 is 5.73 Å². The van der Waals surface area contributed by atoms with Crippen LogP contribution in [0.1, 0.15) is 9.67 Å². The lowest BCUT2D eigenvalue weighted by molar-refractivity contribution is 0.112. The average Bonchev–Trinajstić information content (AvgIpc) is 2.84. The largest absolute Gasteiger partial charge is 0.397 e. The van der Waals surface area contributed by atoms with Crippen molar-refractivity contribution in [1.82, 2.24) is 4.98 Å². The number of aromatic nitrogens is 1. The molecule has 2 N–H and O–H groups in total. The highest BCUT2D eigenvalue weighted by molar-refractivity contribution is 7.18. The number of carbonyl (C=O) groups excluding carboxylic acids is 1. The summed E-state index contributed by atoms with van der Waals surface area (Å²) in [6.45, 7) is 0. The first-order valence-corrected chi connectivity index (χ1v) is 8.03. The zero-order valence-electron chi connectivity index (χ0n) is 11.5. The van der Waals surface area contributed by atoms with E-state index in [4.69, 9.17) is 28.9 Å².